The fourth-order valence-electron chi connectivity index (χ4n) is 5.49. The standard InChI is InChI=1S/C27H38N8O/c1-3-34(4-2)26(36)21-11-8-14-35(18-21)27-31-24-23(28-19-29-24)25(32-27)30-22-12-15-33(16-13-22)17-20-9-6-5-7-10-20/h5-7,9-10,19,21-22H,3-4,8,11-18H2,1-2H3,(H2,28,29,30,31,32). The van der Waals surface area contributed by atoms with Crippen LogP contribution in [0.1, 0.15) is 45.1 Å². The lowest BCUT2D eigenvalue weighted by molar-refractivity contribution is -0.135. The van der Waals surface area contributed by atoms with Gasteiger partial charge >= 0.3 is 0 Å². The van der Waals surface area contributed by atoms with Crippen molar-refractivity contribution in [3.63, 3.8) is 0 Å². The number of aromatic amines is 1. The molecule has 3 aromatic rings. The quantitative estimate of drug-likeness (QED) is 0.499. The first-order valence-corrected chi connectivity index (χ1v) is 13.4. The maximum atomic E-state index is 13.0. The zero-order chi connectivity index (χ0) is 24.9. The molecule has 36 heavy (non-hydrogen) atoms. The molecule has 1 atom stereocenters. The fraction of sp³-hybridized carbons (Fsp3) is 0.556. The molecule has 2 aliphatic heterocycles. The molecule has 0 radical (unpaired) electrons. The predicted molar refractivity (Wildman–Crippen MR) is 143 cm³/mol. The summed E-state index contributed by atoms with van der Waals surface area (Å²) in [6.07, 6.45) is 5.68. The van der Waals surface area contributed by atoms with Crippen LogP contribution >= 0.6 is 0 Å². The highest BCUT2D eigenvalue weighted by Gasteiger charge is 2.30. The third-order valence-electron chi connectivity index (χ3n) is 7.58. The van der Waals surface area contributed by atoms with Gasteiger partial charge < -0.3 is 20.1 Å². The van der Waals surface area contributed by atoms with Crippen LogP contribution in [0.3, 0.4) is 0 Å². The number of fused-ring (bicyclic) bond motifs is 1. The lowest BCUT2D eigenvalue weighted by Gasteiger charge is -2.35. The maximum Gasteiger partial charge on any atom is 0.229 e. The van der Waals surface area contributed by atoms with E-state index in [0.29, 0.717) is 24.2 Å². The fourth-order valence-corrected chi connectivity index (χ4v) is 5.49. The molecule has 2 aromatic heterocycles. The maximum absolute atomic E-state index is 13.0. The van der Waals surface area contributed by atoms with E-state index in [0.717, 1.165) is 76.3 Å². The molecule has 2 N–H and O–H groups in total. The molecule has 0 spiro atoms. The first-order chi connectivity index (χ1) is 17.6. The molecule has 2 fully saturated rings. The molecule has 192 valence electrons. The number of hydrogen-bond acceptors (Lipinski definition) is 7. The van der Waals surface area contributed by atoms with Gasteiger partial charge in [-0.2, -0.15) is 9.97 Å². The number of aromatic nitrogens is 4. The third-order valence-corrected chi connectivity index (χ3v) is 7.58. The van der Waals surface area contributed by atoms with Crippen LogP contribution in [-0.4, -0.2) is 81.0 Å². The number of nitrogens with zero attached hydrogens (tertiary/aromatic N) is 6. The van der Waals surface area contributed by atoms with E-state index in [1.165, 1.54) is 5.56 Å². The number of anilines is 2. The molecule has 4 heterocycles. The number of benzene rings is 1. The molecule has 0 saturated carbocycles. The number of nitrogens with one attached hydrogen (secondary N) is 2. The second kappa shape index (κ2) is 11.2. The summed E-state index contributed by atoms with van der Waals surface area (Å²) in [4.78, 5) is 37.0. The number of piperidine rings is 2. The average Bonchev–Trinajstić information content (AvgIpc) is 3.40. The number of carbonyl (C=O) groups is 1. The molecule has 2 saturated heterocycles. The lowest BCUT2D eigenvalue weighted by atomic mass is 9.96. The minimum Gasteiger partial charge on any atom is -0.365 e. The van der Waals surface area contributed by atoms with E-state index >= 15 is 0 Å². The molecule has 2 aliphatic rings. The van der Waals surface area contributed by atoms with E-state index in [1.54, 1.807) is 6.33 Å². The van der Waals surface area contributed by atoms with Crippen molar-refractivity contribution in [3.05, 3.63) is 42.2 Å². The minimum atomic E-state index is -0.0116. The van der Waals surface area contributed by atoms with Crippen LogP contribution in [0.2, 0.25) is 0 Å². The summed E-state index contributed by atoms with van der Waals surface area (Å²) in [5, 5.41) is 3.69. The molecule has 0 bridgehead atoms. The highest BCUT2D eigenvalue weighted by atomic mass is 16.2. The summed E-state index contributed by atoms with van der Waals surface area (Å²) in [5.74, 6) is 1.70. The van der Waals surface area contributed by atoms with E-state index in [9.17, 15) is 4.79 Å². The lowest BCUT2D eigenvalue weighted by Crippen LogP contribution is -2.45. The van der Waals surface area contributed by atoms with Crippen molar-refractivity contribution in [1.82, 2.24) is 29.7 Å². The van der Waals surface area contributed by atoms with Gasteiger partial charge in [-0.05, 0) is 45.1 Å². The monoisotopic (exact) mass is 490 g/mol. The van der Waals surface area contributed by atoms with Crippen LogP contribution < -0.4 is 10.2 Å². The summed E-state index contributed by atoms with van der Waals surface area (Å²) in [7, 11) is 0. The molecular formula is C27H38N8O. The van der Waals surface area contributed by atoms with Crippen molar-refractivity contribution in [2.24, 2.45) is 5.92 Å². The topological polar surface area (TPSA) is 93.3 Å². The van der Waals surface area contributed by atoms with Gasteiger partial charge in [0.25, 0.3) is 0 Å². The van der Waals surface area contributed by atoms with Crippen LogP contribution in [0.15, 0.2) is 36.7 Å². The van der Waals surface area contributed by atoms with Crippen molar-refractivity contribution in [2.75, 3.05) is 49.5 Å². The van der Waals surface area contributed by atoms with Crippen LogP contribution in [0, 0.1) is 5.92 Å². The summed E-state index contributed by atoms with van der Waals surface area (Å²) in [5.41, 5.74) is 2.88. The van der Waals surface area contributed by atoms with E-state index in [1.807, 2.05) is 18.7 Å². The molecule has 9 nitrogen and oxygen atoms in total. The number of likely N-dealkylation sites (tertiary alicyclic amines) is 1. The highest BCUT2D eigenvalue weighted by Crippen LogP contribution is 2.27. The first-order valence-electron chi connectivity index (χ1n) is 13.4. The van der Waals surface area contributed by atoms with E-state index in [4.69, 9.17) is 9.97 Å². The van der Waals surface area contributed by atoms with Gasteiger partial charge in [0.2, 0.25) is 11.9 Å². The van der Waals surface area contributed by atoms with Gasteiger partial charge in [0.15, 0.2) is 11.5 Å². The van der Waals surface area contributed by atoms with Gasteiger partial charge in [-0.3, -0.25) is 9.69 Å². The Kier molecular flexibility index (Phi) is 7.65. The Hall–Kier alpha value is -3.20. The van der Waals surface area contributed by atoms with E-state index in [2.05, 4.69) is 55.4 Å². The second-order valence-electron chi connectivity index (χ2n) is 9.95. The Morgan fingerprint density at radius 1 is 1.08 bits per heavy atom. The predicted octanol–water partition coefficient (Wildman–Crippen LogP) is 3.51. The summed E-state index contributed by atoms with van der Waals surface area (Å²) in [6, 6.07) is 11.0. The largest absolute Gasteiger partial charge is 0.365 e. The van der Waals surface area contributed by atoms with Crippen molar-refractivity contribution >= 4 is 28.8 Å². The van der Waals surface area contributed by atoms with Crippen molar-refractivity contribution in [1.29, 1.82) is 0 Å². The smallest absolute Gasteiger partial charge is 0.229 e. The number of amides is 1. The minimum absolute atomic E-state index is 0.0116. The van der Waals surface area contributed by atoms with Gasteiger partial charge in [-0.25, -0.2) is 4.98 Å². The zero-order valence-electron chi connectivity index (χ0n) is 21.5. The van der Waals surface area contributed by atoms with Crippen molar-refractivity contribution < 1.29 is 4.79 Å². The Bertz CT molecular complexity index is 1140. The van der Waals surface area contributed by atoms with Gasteiger partial charge in [-0.15, -0.1) is 0 Å². The zero-order valence-corrected chi connectivity index (χ0v) is 21.5. The molecular weight excluding hydrogens is 452 g/mol. The summed E-state index contributed by atoms with van der Waals surface area (Å²) < 4.78 is 0. The molecule has 1 amide bonds. The number of hydrogen-bond donors (Lipinski definition) is 2. The Balaban J connectivity index is 1.26. The van der Waals surface area contributed by atoms with E-state index < -0.39 is 0 Å². The van der Waals surface area contributed by atoms with Crippen molar-refractivity contribution in [3.8, 4) is 0 Å². The second-order valence-corrected chi connectivity index (χ2v) is 9.95. The SMILES string of the molecule is CCN(CC)C(=O)C1CCCN(c2nc(NC3CCN(Cc4ccccc4)CC3)c3[nH]cnc3n2)C1. The molecule has 1 aromatic carbocycles. The summed E-state index contributed by atoms with van der Waals surface area (Å²) in [6.45, 7) is 10.2. The Morgan fingerprint density at radius 3 is 2.61 bits per heavy atom. The van der Waals surface area contributed by atoms with Gasteiger partial charge in [-0.1, -0.05) is 30.3 Å². The Morgan fingerprint density at radius 2 is 1.86 bits per heavy atom. The van der Waals surface area contributed by atoms with Gasteiger partial charge in [0.05, 0.1) is 12.2 Å². The number of imidazole rings is 1. The molecule has 1 unspecified atom stereocenters. The van der Waals surface area contributed by atoms with Gasteiger partial charge in [0, 0.05) is 51.9 Å². The number of rotatable bonds is 8. The highest BCUT2D eigenvalue weighted by molar-refractivity contribution is 5.84. The average molecular weight is 491 g/mol. The number of carbonyl (C=O) groups excluding carboxylic acids is 1. The first kappa shape index (κ1) is 24.5. The molecule has 9 heteroatoms. The van der Waals surface area contributed by atoms with Crippen LogP contribution in [-0.2, 0) is 11.3 Å². The molecule has 0 aliphatic carbocycles. The summed E-state index contributed by atoms with van der Waals surface area (Å²) >= 11 is 0. The van der Waals surface area contributed by atoms with Crippen LogP contribution in [0.25, 0.3) is 11.2 Å². The van der Waals surface area contributed by atoms with E-state index in [-0.39, 0.29) is 11.8 Å². The third kappa shape index (κ3) is 5.46. The van der Waals surface area contributed by atoms with Gasteiger partial charge in [0.1, 0.15) is 5.52 Å². The Labute approximate surface area is 213 Å². The van der Waals surface area contributed by atoms with Crippen LogP contribution in [0.4, 0.5) is 11.8 Å². The normalized spacial score (nSPS) is 19.5. The van der Waals surface area contributed by atoms with Crippen molar-refractivity contribution in [2.45, 2.75) is 52.1 Å². The number of H-pyrrole nitrogens is 1. The molecule has 5 rings (SSSR count). The van der Waals surface area contributed by atoms with Crippen LogP contribution in [0.5, 0.6) is 0 Å².